The maximum atomic E-state index is 13.6. The van der Waals surface area contributed by atoms with Gasteiger partial charge in [-0.25, -0.2) is 8.42 Å². The SMILES string of the molecule is Cc1cccc(N(Cc2ccc(-c3nnc(C(F)F)o3)cn2)S(=O)(=O)C2CCCCC2)c1. The molecule has 0 unspecified atom stereocenters. The van der Waals surface area contributed by atoms with Gasteiger partial charge in [0.2, 0.25) is 15.9 Å². The van der Waals surface area contributed by atoms with Gasteiger partial charge in [0.1, 0.15) is 0 Å². The second kappa shape index (κ2) is 9.32. The smallest absolute Gasteiger partial charge is 0.314 e. The molecule has 0 saturated heterocycles. The molecular formula is C22H24F2N4O3S. The number of anilines is 1. The van der Waals surface area contributed by atoms with Crippen LogP contribution < -0.4 is 4.31 Å². The standard InChI is InChI=1S/C22H24F2N4O3S/c1-15-6-5-7-18(12-15)28(32(29,30)19-8-3-2-4-9-19)14-17-11-10-16(13-25-17)21-26-27-22(31-21)20(23)24/h5-7,10-13,19-20H,2-4,8-9,14H2,1H3. The van der Waals surface area contributed by atoms with Gasteiger partial charge in [0, 0.05) is 6.20 Å². The summed E-state index contributed by atoms with van der Waals surface area (Å²) in [6, 6.07) is 10.6. The summed E-state index contributed by atoms with van der Waals surface area (Å²) < 4.78 is 58.8. The molecule has 10 heteroatoms. The third-order valence-electron chi connectivity index (χ3n) is 5.57. The Balaban J connectivity index is 1.62. The fourth-order valence-electron chi connectivity index (χ4n) is 3.89. The molecule has 3 aromatic rings. The number of rotatable bonds is 7. The zero-order valence-electron chi connectivity index (χ0n) is 17.6. The van der Waals surface area contributed by atoms with E-state index in [0.29, 0.717) is 29.8 Å². The maximum absolute atomic E-state index is 13.6. The first-order chi connectivity index (χ1) is 15.3. The molecule has 4 rings (SSSR count). The summed E-state index contributed by atoms with van der Waals surface area (Å²) in [7, 11) is -3.59. The number of hydrogen-bond donors (Lipinski definition) is 0. The van der Waals surface area contributed by atoms with Gasteiger partial charge in [-0.15, -0.1) is 10.2 Å². The number of benzene rings is 1. The number of hydrogen-bond acceptors (Lipinski definition) is 6. The zero-order valence-corrected chi connectivity index (χ0v) is 18.4. The minimum Gasteiger partial charge on any atom is -0.415 e. The number of sulfonamides is 1. The van der Waals surface area contributed by atoms with Crippen molar-refractivity contribution in [2.75, 3.05) is 4.31 Å². The lowest BCUT2D eigenvalue weighted by atomic mass is 10.0. The van der Waals surface area contributed by atoms with Gasteiger partial charge < -0.3 is 4.42 Å². The van der Waals surface area contributed by atoms with Crippen LogP contribution in [0.4, 0.5) is 14.5 Å². The summed E-state index contributed by atoms with van der Waals surface area (Å²) in [5.41, 5.74) is 2.45. The second-order valence-electron chi connectivity index (χ2n) is 7.93. The first-order valence-corrected chi connectivity index (χ1v) is 12.0. The molecule has 0 bridgehead atoms. The van der Waals surface area contributed by atoms with Crippen molar-refractivity contribution in [2.45, 2.75) is 57.2 Å². The van der Waals surface area contributed by atoms with E-state index in [9.17, 15) is 17.2 Å². The van der Waals surface area contributed by atoms with Gasteiger partial charge in [-0.2, -0.15) is 8.78 Å². The minimum absolute atomic E-state index is 0.0642. The van der Waals surface area contributed by atoms with Crippen molar-refractivity contribution in [3.05, 3.63) is 59.7 Å². The number of nitrogens with zero attached hydrogens (tertiary/aromatic N) is 4. The molecule has 1 aromatic carbocycles. The highest BCUT2D eigenvalue weighted by Crippen LogP contribution is 2.31. The molecule has 2 heterocycles. The van der Waals surface area contributed by atoms with Crippen LogP contribution >= 0.6 is 0 Å². The van der Waals surface area contributed by atoms with E-state index >= 15 is 0 Å². The van der Waals surface area contributed by atoms with Crippen LogP contribution in [0.3, 0.4) is 0 Å². The van der Waals surface area contributed by atoms with Crippen LogP contribution in [0, 0.1) is 6.92 Å². The average molecular weight is 463 g/mol. The predicted octanol–water partition coefficient (Wildman–Crippen LogP) is 5.05. The molecule has 0 N–H and O–H groups in total. The number of pyridine rings is 1. The molecule has 1 aliphatic carbocycles. The highest BCUT2D eigenvalue weighted by Gasteiger charge is 2.33. The molecule has 7 nitrogen and oxygen atoms in total. The molecule has 1 aliphatic rings. The molecule has 0 radical (unpaired) electrons. The Labute approximate surface area is 185 Å². The van der Waals surface area contributed by atoms with Crippen molar-refractivity contribution < 1.29 is 21.6 Å². The highest BCUT2D eigenvalue weighted by atomic mass is 32.2. The van der Waals surface area contributed by atoms with Crippen molar-refractivity contribution in [3.8, 4) is 11.5 Å². The van der Waals surface area contributed by atoms with Gasteiger partial charge in [0.15, 0.2) is 0 Å². The van der Waals surface area contributed by atoms with E-state index in [2.05, 4.69) is 15.2 Å². The number of halogens is 2. The molecule has 1 fully saturated rings. The third-order valence-corrected chi connectivity index (χ3v) is 7.84. The van der Waals surface area contributed by atoms with Crippen LogP contribution in [0.2, 0.25) is 0 Å². The highest BCUT2D eigenvalue weighted by molar-refractivity contribution is 7.93. The summed E-state index contributed by atoms with van der Waals surface area (Å²) in [4.78, 5) is 4.33. The van der Waals surface area contributed by atoms with E-state index < -0.39 is 27.6 Å². The van der Waals surface area contributed by atoms with Crippen molar-refractivity contribution in [1.29, 1.82) is 0 Å². The quantitative estimate of drug-likeness (QED) is 0.488. The Hall–Kier alpha value is -2.88. The fraction of sp³-hybridized carbons (Fsp3) is 0.409. The molecule has 0 amide bonds. The Morgan fingerprint density at radius 1 is 1.12 bits per heavy atom. The van der Waals surface area contributed by atoms with E-state index in [1.165, 1.54) is 10.5 Å². The third kappa shape index (κ3) is 4.79. The van der Waals surface area contributed by atoms with E-state index in [1.54, 1.807) is 18.2 Å². The van der Waals surface area contributed by atoms with Crippen LogP contribution in [0.5, 0.6) is 0 Å². The topological polar surface area (TPSA) is 89.2 Å². The van der Waals surface area contributed by atoms with Crippen LogP contribution in [-0.4, -0.2) is 28.8 Å². The Morgan fingerprint density at radius 2 is 1.91 bits per heavy atom. The summed E-state index contributed by atoms with van der Waals surface area (Å²) in [6.07, 6.45) is 2.74. The molecule has 0 atom stereocenters. The van der Waals surface area contributed by atoms with E-state index in [1.807, 2.05) is 25.1 Å². The zero-order chi connectivity index (χ0) is 22.7. The van der Waals surface area contributed by atoms with Crippen LogP contribution in [0.25, 0.3) is 11.5 Å². The second-order valence-corrected chi connectivity index (χ2v) is 10.1. The van der Waals surface area contributed by atoms with Gasteiger partial charge in [-0.05, 0) is 49.6 Å². The van der Waals surface area contributed by atoms with Crippen LogP contribution in [0.1, 0.15) is 55.7 Å². The average Bonchev–Trinajstić information content (AvgIpc) is 3.29. The molecular weight excluding hydrogens is 438 g/mol. The van der Waals surface area contributed by atoms with Gasteiger partial charge in [0.25, 0.3) is 5.89 Å². The first-order valence-electron chi connectivity index (χ1n) is 10.5. The number of alkyl halides is 2. The van der Waals surface area contributed by atoms with Gasteiger partial charge in [-0.1, -0.05) is 31.4 Å². The molecule has 1 saturated carbocycles. The molecule has 0 spiro atoms. The Morgan fingerprint density at radius 3 is 2.53 bits per heavy atom. The number of aryl methyl sites for hydroxylation is 1. The van der Waals surface area contributed by atoms with Crippen molar-refractivity contribution >= 4 is 15.7 Å². The maximum Gasteiger partial charge on any atom is 0.314 e. The Bertz CT molecular complexity index is 1160. The number of aromatic nitrogens is 3. The fourth-order valence-corrected chi connectivity index (χ4v) is 5.89. The molecule has 2 aromatic heterocycles. The van der Waals surface area contributed by atoms with E-state index in [0.717, 1.165) is 24.8 Å². The van der Waals surface area contributed by atoms with E-state index in [4.69, 9.17) is 4.42 Å². The minimum atomic E-state index is -3.59. The summed E-state index contributed by atoms with van der Waals surface area (Å²) in [5, 5.41) is 6.51. The lowest BCUT2D eigenvalue weighted by Gasteiger charge is -2.31. The molecule has 0 aliphatic heterocycles. The van der Waals surface area contributed by atoms with E-state index in [-0.39, 0.29) is 12.4 Å². The summed E-state index contributed by atoms with van der Waals surface area (Å²) >= 11 is 0. The predicted molar refractivity (Wildman–Crippen MR) is 116 cm³/mol. The molecule has 170 valence electrons. The van der Waals surface area contributed by atoms with Gasteiger partial charge >= 0.3 is 6.43 Å². The first kappa shape index (κ1) is 22.3. The Kier molecular flexibility index (Phi) is 6.50. The normalized spacial score (nSPS) is 15.2. The van der Waals surface area contributed by atoms with Crippen LogP contribution in [0.15, 0.2) is 47.0 Å². The van der Waals surface area contributed by atoms with Crippen LogP contribution in [-0.2, 0) is 16.6 Å². The van der Waals surface area contributed by atoms with Gasteiger partial charge in [-0.3, -0.25) is 9.29 Å². The lowest BCUT2D eigenvalue weighted by molar-refractivity contribution is 0.116. The monoisotopic (exact) mass is 462 g/mol. The molecule has 32 heavy (non-hydrogen) atoms. The summed E-state index contributed by atoms with van der Waals surface area (Å²) in [5.74, 6) is -0.821. The van der Waals surface area contributed by atoms with Crippen molar-refractivity contribution in [1.82, 2.24) is 15.2 Å². The van der Waals surface area contributed by atoms with Gasteiger partial charge in [0.05, 0.1) is 28.7 Å². The largest absolute Gasteiger partial charge is 0.415 e. The summed E-state index contributed by atoms with van der Waals surface area (Å²) in [6.45, 7) is 1.98. The van der Waals surface area contributed by atoms with Crippen molar-refractivity contribution in [2.24, 2.45) is 0 Å². The van der Waals surface area contributed by atoms with Crippen molar-refractivity contribution in [3.63, 3.8) is 0 Å². The lowest BCUT2D eigenvalue weighted by Crippen LogP contribution is -2.39.